The summed E-state index contributed by atoms with van der Waals surface area (Å²) in [6.07, 6.45) is 4.69. The van der Waals surface area contributed by atoms with Gasteiger partial charge in [0.25, 0.3) is 0 Å². The molecule has 6 heteroatoms. The molecule has 1 aliphatic rings. The van der Waals surface area contributed by atoms with Crippen LogP contribution in [-0.4, -0.2) is 57.9 Å². The van der Waals surface area contributed by atoms with Gasteiger partial charge in [-0.15, -0.1) is 0 Å². The molecule has 1 atom stereocenters. The molecule has 0 aliphatic carbocycles. The Labute approximate surface area is 144 Å². The van der Waals surface area contributed by atoms with Gasteiger partial charge in [-0.05, 0) is 51.8 Å². The van der Waals surface area contributed by atoms with Gasteiger partial charge in [0.2, 0.25) is 5.91 Å². The second kappa shape index (κ2) is 7.64. The zero-order valence-corrected chi connectivity index (χ0v) is 15.1. The van der Waals surface area contributed by atoms with Crippen molar-refractivity contribution in [2.45, 2.75) is 52.1 Å². The van der Waals surface area contributed by atoms with Gasteiger partial charge in [-0.1, -0.05) is 0 Å². The van der Waals surface area contributed by atoms with Crippen LogP contribution in [0.4, 0.5) is 4.79 Å². The first-order chi connectivity index (χ1) is 11.3. The highest BCUT2D eigenvalue weighted by molar-refractivity contribution is 5.82. The third-order valence-electron chi connectivity index (χ3n) is 4.35. The number of likely N-dealkylation sites (tertiary alicyclic amines) is 1. The second-order valence-electron chi connectivity index (χ2n) is 7.21. The number of hydrogen-bond acceptors (Lipinski definition) is 3. The molecular formula is C18H28N4O2. The molecule has 0 aromatic carbocycles. The number of carbonyl (C=O) groups is 2. The lowest BCUT2D eigenvalue weighted by Gasteiger charge is -2.32. The largest absolute Gasteiger partial charge is 0.336 e. The van der Waals surface area contributed by atoms with Gasteiger partial charge in [0.05, 0.1) is 6.04 Å². The minimum absolute atomic E-state index is 0.0971. The third kappa shape index (κ3) is 4.69. The van der Waals surface area contributed by atoms with Crippen molar-refractivity contribution in [3.8, 4) is 0 Å². The van der Waals surface area contributed by atoms with Gasteiger partial charge >= 0.3 is 6.03 Å². The molecule has 132 valence electrons. The van der Waals surface area contributed by atoms with Crippen molar-refractivity contribution in [2.75, 3.05) is 19.6 Å². The van der Waals surface area contributed by atoms with Crippen molar-refractivity contribution in [1.82, 2.24) is 20.1 Å². The van der Waals surface area contributed by atoms with Crippen LogP contribution in [0.2, 0.25) is 0 Å². The molecule has 1 aliphatic heterocycles. The summed E-state index contributed by atoms with van der Waals surface area (Å²) in [5.41, 5.74) is 0.953. The van der Waals surface area contributed by atoms with Gasteiger partial charge in [0.1, 0.15) is 0 Å². The summed E-state index contributed by atoms with van der Waals surface area (Å²) in [5.74, 6) is 0.104. The van der Waals surface area contributed by atoms with Gasteiger partial charge in [-0.3, -0.25) is 9.78 Å². The Morgan fingerprint density at radius 1 is 1.38 bits per heavy atom. The molecule has 1 aromatic rings. The lowest BCUT2D eigenvalue weighted by Crippen LogP contribution is -2.48. The maximum atomic E-state index is 12.5. The Morgan fingerprint density at radius 2 is 2.04 bits per heavy atom. The average Bonchev–Trinajstić information content (AvgIpc) is 2.89. The SMILES string of the molecule is CCN(CCc1ccncc1)C(=O)NC1CC(=O)N(C(C)(C)C)C1. The lowest BCUT2D eigenvalue weighted by molar-refractivity contribution is -0.131. The van der Waals surface area contributed by atoms with Crippen molar-refractivity contribution in [1.29, 1.82) is 0 Å². The van der Waals surface area contributed by atoms with E-state index in [0.717, 1.165) is 12.0 Å². The van der Waals surface area contributed by atoms with Crippen LogP contribution in [0.25, 0.3) is 0 Å². The van der Waals surface area contributed by atoms with Gasteiger partial charge in [0, 0.05) is 44.0 Å². The summed E-state index contributed by atoms with van der Waals surface area (Å²) < 4.78 is 0. The molecule has 1 fully saturated rings. The van der Waals surface area contributed by atoms with Gasteiger partial charge in [0.15, 0.2) is 0 Å². The number of urea groups is 1. The first-order valence-corrected chi connectivity index (χ1v) is 8.56. The molecule has 0 bridgehead atoms. The minimum Gasteiger partial charge on any atom is -0.336 e. The number of carbonyl (C=O) groups excluding carboxylic acids is 2. The molecular weight excluding hydrogens is 304 g/mol. The lowest BCUT2D eigenvalue weighted by atomic mass is 10.1. The standard InChI is InChI=1S/C18H28N4O2/c1-5-21(11-8-14-6-9-19-10-7-14)17(24)20-15-12-16(23)22(13-15)18(2,3)4/h6-7,9-10,15H,5,8,11-13H2,1-4H3,(H,20,24). The number of pyridine rings is 1. The normalized spacial score (nSPS) is 17.9. The zero-order chi connectivity index (χ0) is 17.7. The van der Waals surface area contributed by atoms with E-state index in [1.165, 1.54) is 0 Å². The van der Waals surface area contributed by atoms with Crippen LogP contribution < -0.4 is 5.32 Å². The van der Waals surface area contributed by atoms with E-state index in [9.17, 15) is 9.59 Å². The summed E-state index contributed by atoms with van der Waals surface area (Å²) in [4.78, 5) is 32.2. The molecule has 1 aromatic heterocycles. The molecule has 2 heterocycles. The first kappa shape index (κ1) is 18.2. The monoisotopic (exact) mass is 332 g/mol. The van der Waals surface area contributed by atoms with E-state index in [4.69, 9.17) is 0 Å². The number of nitrogens with zero attached hydrogens (tertiary/aromatic N) is 3. The Morgan fingerprint density at radius 3 is 2.58 bits per heavy atom. The van der Waals surface area contributed by atoms with E-state index < -0.39 is 0 Å². The Bertz CT molecular complexity index is 568. The molecule has 2 rings (SSSR count). The summed E-state index contributed by atoms with van der Waals surface area (Å²) in [6, 6.07) is 3.71. The molecule has 6 nitrogen and oxygen atoms in total. The second-order valence-corrected chi connectivity index (χ2v) is 7.21. The zero-order valence-electron chi connectivity index (χ0n) is 15.1. The number of likely N-dealkylation sites (N-methyl/N-ethyl adjacent to an activating group) is 1. The number of nitrogens with one attached hydrogen (secondary N) is 1. The summed E-state index contributed by atoms with van der Waals surface area (Å²) in [5, 5.41) is 3.01. The summed E-state index contributed by atoms with van der Waals surface area (Å²) >= 11 is 0. The number of amides is 3. The quantitative estimate of drug-likeness (QED) is 0.897. The van der Waals surface area contributed by atoms with E-state index in [1.807, 2.05) is 44.7 Å². The molecule has 1 saturated heterocycles. The van der Waals surface area contributed by atoms with Crippen molar-refractivity contribution >= 4 is 11.9 Å². The van der Waals surface area contributed by atoms with Crippen LogP contribution in [-0.2, 0) is 11.2 Å². The molecule has 1 unspecified atom stereocenters. The maximum absolute atomic E-state index is 12.5. The van der Waals surface area contributed by atoms with E-state index in [2.05, 4.69) is 10.3 Å². The fourth-order valence-corrected chi connectivity index (χ4v) is 2.94. The van der Waals surface area contributed by atoms with Crippen LogP contribution in [0.3, 0.4) is 0 Å². The van der Waals surface area contributed by atoms with E-state index in [-0.39, 0.29) is 23.5 Å². The molecule has 3 amide bonds. The average molecular weight is 332 g/mol. The molecule has 0 radical (unpaired) electrons. The highest BCUT2D eigenvalue weighted by atomic mass is 16.2. The van der Waals surface area contributed by atoms with E-state index in [0.29, 0.717) is 26.1 Å². The molecule has 1 N–H and O–H groups in total. The molecule has 0 saturated carbocycles. The van der Waals surface area contributed by atoms with Crippen molar-refractivity contribution in [3.05, 3.63) is 30.1 Å². The molecule has 0 spiro atoms. The van der Waals surface area contributed by atoms with Crippen LogP contribution >= 0.6 is 0 Å². The number of hydrogen-bond donors (Lipinski definition) is 1. The van der Waals surface area contributed by atoms with Crippen LogP contribution in [0.15, 0.2) is 24.5 Å². The Kier molecular flexibility index (Phi) is 5.80. The predicted octanol–water partition coefficient (Wildman–Crippen LogP) is 2.05. The molecule has 24 heavy (non-hydrogen) atoms. The number of aromatic nitrogens is 1. The van der Waals surface area contributed by atoms with Crippen molar-refractivity contribution in [3.63, 3.8) is 0 Å². The highest BCUT2D eigenvalue weighted by Crippen LogP contribution is 2.22. The summed E-state index contributed by atoms with van der Waals surface area (Å²) in [7, 11) is 0. The van der Waals surface area contributed by atoms with Gasteiger partial charge < -0.3 is 15.1 Å². The van der Waals surface area contributed by atoms with Crippen LogP contribution in [0, 0.1) is 0 Å². The Balaban J connectivity index is 1.87. The topological polar surface area (TPSA) is 65.5 Å². The van der Waals surface area contributed by atoms with Gasteiger partial charge in [-0.25, -0.2) is 4.79 Å². The summed E-state index contributed by atoms with van der Waals surface area (Å²) in [6.45, 7) is 9.88. The van der Waals surface area contributed by atoms with E-state index in [1.54, 1.807) is 17.3 Å². The Hall–Kier alpha value is -2.11. The fourth-order valence-electron chi connectivity index (χ4n) is 2.94. The fraction of sp³-hybridized carbons (Fsp3) is 0.611. The van der Waals surface area contributed by atoms with Crippen molar-refractivity contribution in [2.24, 2.45) is 0 Å². The van der Waals surface area contributed by atoms with Crippen molar-refractivity contribution < 1.29 is 9.59 Å². The first-order valence-electron chi connectivity index (χ1n) is 8.56. The minimum atomic E-state index is -0.206. The van der Waals surface area contributed by atoms with Crippen LogP contribution in [0.1, 0.15) is 39.7 Å². The predicted molar refractivity (Wildman–Crippen MR) is 93.6 cm³/mol. The van der Waals surface area contributed by atoms with E-state index >= 15 is 0 Å². The highest BCUT2D eigenvalue weighted by Gasteiger charge is 2.37. The third-order valence-corrected chi connectivity index (χ3v) is 4.35. The number of rotatable bonds is 5. The smallest absolute Gasteiger partial charge is 0.317 e. The maximum Gasteiger partial charge on any atom is 0.317 e. The van der Waals surface area contributed by atoms with Crippen LogP contribution in [0.5, 0.6) is 0 Å². The van der Waals surface area contributed by atoms with Gasteiger partial charge in [-0.2, -0.15) is 0 Å².